The van der Waals surface area contributed by atoms with Crippen LogP contribution in [0.3, 0.4) is 0 Å². The van der Waals surface area contributed by atoms with E-state index in [0.29, 0.717) is 19.5 Å². The Morgan fingerprint density at radius 3 is 2.35 bits per heavy atom. The SMILES string of the molecule is CC(=O)C(NC(=O)CN1CCC(C)(C(=O)O)C1)C(C)C. The van der Waals surface area contributed by atoms with Crippen LogP contribution in [-0.2, 0) is 14.4 Å². The van der Waals surface area contributed by atoms with Gasteiger partial charge in [0, 0.05) is 6.54 Å². The summed E-state index contributed by atoms with van der Waals surface area (Å²) >= 11 is 0. The summed E-state index contributed by atoms with van der Waals surface area (Å²) in [6, 6.07) is -0.476. The number of nitrogens with one attached hydrogen (secondary N) is 1. The van der Waals surface area contributed by atoms with Crippen LogP contribution in [0.1, 0.15) is 34.1 Å². The third-order valence-corrected chi connectivity index (χ3v) is 3.86. The molecule has 0 radical (unpaired) electrons. The molecule has 0 saturated carbocycles. The summed E-state index contributed by atoms with van der Waals surface area (Å²) in [5, 5.41) is 11.9. The first-order valence-electron chi connectivity index (χ1n) is 6.91. The van der Waals surface area contributed by atoms with Crippen molar-refractivity contribution in [3.63, 3.8) is 0 Å². The molecule has 0 bridgehead atoms. The lowest BCUT2D eigenvalue weighted by atomic mass is 9.90. The van der Waals surface area contributed by atoms with Gasteiger partial charge in [0.1, 0.15) is 0 Å². The van der Waals surface area contributed by atoms with Crippen molar-refractivity contribution >= 4 is 17.7 Å². The predicted molar refractivity (Wildman–Crippen MR) is 74.2 cm³/mol. The molecule has 20 heavy (non-hydrogen) atoms. The first kappa shape index (κ1) is 16.6. The van der Waals surface area contributed by atoms with Gasteiger partial charge in [-0.05, 0) is 32.7 Å². The molecule has 1 saturated heterocycles. The molecular formula is C14H24N2O4. The van der Waals surface area contributed by atoms with E-state index >= 15 is 0 Å². The lowest BCUT2D eigenvalue weighted by Gasteiger charge is -2.23. The fraction of sp³-hybridized carbons (Fsp3) is 0.786. The van der Waals surface area contributed by atoms with Gasteiger partial charge in [-0.2, -0.15) is 0 Å². The summed E-state index contributed by atoms with van der Waals surface area (Å²) in [6.07, 6.45) is 0.538. The number of Topliss-reactive ketones (excluding diaryl/α,β-unsaturated/α-hetero) is 1. The van der Waals surface area contributed by atoms with Crippen LogP contribution in [0.4, 0.5) is 0 Å². The molecule has 0 aromatic rings. The molecule has 2 unspecified atom stereocenters. The minimum Gasteiger partial charge on any atom is -0.481 e. The van der Waals surface area contributed by atoms with Gasteiger partial charge in [-0.25, -0.2) is 0 Å². The zero-order valence-electron chi connectivity index (χ0n) is 12.6. The van der Waals surface area contributed by atoms with E-state index < -0.39 is 17.4 Å². The summed E-state index contributed by atoms with van der Waals surface area (Å²) in [6.45, 7) is 8.00. The average molecular weight is 284 g/mol. The fourth-order valence-corrected chi connectivity index (χ4v) is 2.53. The zero-order valence-corrected chi connectivity index (χ0v) is 12.6. The Bertz CT molecular complexity index is 408. The van der Waals surface area contributed by atoms with E-state index in [9.17, 15) is 14.4 Å². The number of carbonyl (C=O) groups is 3. The number of likely N-dealkylation sites (tertiary alicyclic amines) is 1. The van der Waals surface area contributed by atoms with Gasteiger partial charge >= 0.3 is 5.97 Å². The van der Waals surface area contributed by atoms with Gasteiger partial charge in [-0.1, -0.05) is 13.8 Å². The minimum atomic E-state index is -0.829. The van der Waals surface area contributed by atoms with Crippen molar-refractivity contribution in [2.24, 2.45) is 11.3 Å². The van der Waals surface area contributed by atoms with Crippen LogP contribution in [-0.4, -0.2) is 53.3 Å². The van der Waals surface area contributed by atoms with Gasteiger partial charge in [-0.3, -0.25) is 19.3 Å². The van der Waals surface area contributed by atoms with Gasteiger partial charge in [-0.15, -0.1) is 0 Å². The Balaban J connectivity index is 2.52. The van der Waals surface area contributed by atoms with Crippen molar-refractivity contribution in [2.75, 3.05) is 19.6 Å². The number of hydrogen-bond donors (Lipinski definition) is 2. The minimum absolute atomic E-state index is 0.0410. The van der Waals surface area contributed by atoms with Gasteiger partial charge in [0.2, 0.25) is 5.91 Å². The molecule has 2 N–H and O–H groups in total. The van der Waals surface area contributed by atoms with Crippen molar-refractivity contribution < 1.29 is 19.5 Å². The summed E-state index contributed by atoms with van der Waals surface area (Å²) in [5.74, 6) is -1.08. The molecule has 0 aromatic heterocycles. The number of amides is 1. The smallest absolute Gasteiger partial charge is 0.310 e. The van der Waals surface area contributed by atoms with Gasteiger partial charge in [0.05, 0.1) is 18.0 Å². The fourth-order valence-electron chi connectivity index (χ4n) is 2.53. The van der Waals surface area contributed by atoms with E-state index in [1.807, 2.05) is 18.7 Å². The third-order valence-electron chi connectivity index (χ3n) is 3.86. The van der Waals surface area contributed by atoms with Crippen LogP contribution in [0, 0.1) is 11.3 Å². The number of nitrogens with zero attached hydrogens (tertiary/aromatic N) is 1. The summed E-state index contributed by atoms with van der Waals surface area (Å²) in [7, 11) is 0. The van der Waals surface area contributed by atoms with E-state index in [1.54, 1.807) is 6.92 Å². The van der Waals surface area contributed by atoms with Crippen molar-refractivity contribution in [3.05, 3.63) is 0 Å². The molecule has 1 aliphatic rings. The van der Waals surface area contributed by atoms with E-state index in [-0.39, 0.29) is 24.2 Å². The van der Waals surface area contributed by atoms with Crippen LogP contribution < -0.4 is 5.32 Å². The molecule has 2 atom stereocenters. The molecule has 114 valence electrons. The zero-order chi connectivity index (χ0) is 15.5. The topological polar surface area (TPSA) is 86.7 Å². The second-order valence-electron chi connectivity index (χ2n) is 6.23. The largest absolute Gasteiger partial charge is 0.481 e. The maximum Gasteiger partial charge on any atom is 0.310 e. The third kappa shape index (κ3) is 4.03. The van der Waals surface area contributed by atoms with Crippen LogP contribution in [0.25, 0.3) is 0 Å². The Labute approximate surface area is 119 Å². The maximum atomic E-state index is 11.9. The number of hydrogen-bond acceptors (Lipinski definition) is 4. The molecule has 1 heterocycles. The van der Waals surface area contributed by atoms with E-state index in [2.05, 4.69) is 5.32 Å². The van der Waals surface area contributed by atoms with Crippen LogP contribution in [0.5, 0.6) is 0 Å². The molecule has 1 fully saturated rings. The first-order valence-corrected chi connectivity index (χ1v) is 6.91. The normalized spacial score (nSPS) is 24.6. The Kier molecular flexibility index (Phi) is 5.28. The quantitative estimate of drug-likeness (QED) is 0.742. The first-order chi connectivity index (χ1) is 9.15. The Morgan fingerprint density at radius 1 is 1.35 bits per heavy atom. The Morgan fingerprint density at radius 2 is 1.95 bits per heavy atom. The number of carboxylic acids is 1. The Hall–Kier alpha value is -1.43. The van der Waals surface area contributed by atoms with Gasteiger partial charge in [0.25, 0.3) is 0 Å². The van der Waals surface area contributed by atoms with E-state index in [0.717, 1.165) is 0 Å². The highest BCUT2D eigenvalue weighted by atomic mass is 16.4. The van der Waals surface area contributed by atoms with E-state index in [4.69, 9.17) is 5.11 Å². The molecular weight excluding hydrogens is 260 g/mol. The molecule has 1 aliphatic heterocycles. The maximum absolute atomic E-state index is 11.9. The highest BCUT2D eigenvalue weighted by Gasteiger charge is 2.40. The molecule has 0 spiro atoms. The summed E-state index contributed by atoms with van der Waals surface area (Å²) in [4.78, 5) is 36.4. The van der Waals surface area contributed by atoms with Crippen molar-refractivity contribution in [1.82, 2.24) is 10.2 Å². The molecule has 1 amide bonds. The molecule has 1 rings (SSSR count). The van der Waals surface area contributed by atoms with Gasteiger partial charge < -0.3 is 10.4 Å². The molecule has 0 aliphatic carbocycles. The molecule has 6 nitrogen and oxygen atoms in total. The van der Waals surface area contributed by atoms with Gasteiger partial charge in [0.15, 0.2) is 5.78 Å². The van der Waals surface area contributed by atoms with Crippen molar-refractivity contribution in [2.45, 2.75) is 40.2 Å². The highest BCUT2D eigenvalue weighted by molar-refractivity contribution is 5.88. The number of carbonyl (C=O) groups excluding carboxylic acids is 2. The molecule has 6 heteroatoms. The number of ketones is 1. The predicted octanol–water partition coefficient (Wildman–Crippen LogP) is 0.513. The van der Waals surface area contributed by atoms with Crippen LogP contribution >= 0.6 is 0 Å². The highest BCUT2D eigenvalue weighted by Crippen LogP contribution is 2.29. The average Bonchev–Trinajstić information content (AvgIpc) is 2.68. The second-order valence-corrected chi connectivity index (χ2v) is 6.23. The van der Waals surface area contributed by atoms with Crippen LogP contribution in [0.15, 0.2) is 0 Å². The number of carboxylic acid groups (broad SMARTS) is 1. The lowest BCUT2D eigenvalue weighted by molar-refractivity contribution is -0.147. The number of aliphatic carboxylic acids is 1. The summed E-state index contributed by atoms with van der Waals surface area (Å²) in [5.41, 5.74) is -0.779. The van der Waals surface area contributed by atoms with Crippen molar-refractivity contribution in [1.29, 1.82) is 0 Å². The summed E-state index contributed by atoms with van der Waals surface area (Å²) < 4.78 is 0. The number of rotatable bonds is 6. The molecule has 0 aromatic carbocycles. The van der Waals surface area contributed by atoms with Crippen LogP contribution in [0.2, 0.25) is 0 Å². The lowest BCUT2D eigenvalue weighted by Crippen LogP contribution is -2.47. The monoisotopic (exact) mass is 284 g/mol. The second kappa shape index (κ2) is 6.35. The van der Waals surface area contributed by atoms with E-state index in [1.165, 1.54) is 6.92 Å². The van der Waals surface area contributed by atoms with Crippen molar-refractivity contribution in [3.8, 4) is 0 Å². The standard InChI is InChI=1S/C14H24N2O4/c1-9(2)12(10(3)17)15-11(18)7-16-6-5-14(4,8-16)13(19)20/h9,12H,5-8H2,1-4H3,(H,15,18)(H,19,20).